The van der Waals surface area contributed by atoms with Gasteiger partial charge in [0, 0.05) is 11.8 Å². The number of halogens is 2. The van der Waals surface area contributed by atoms with Crippen molar-refractivity contribution in [2.24, 2.45) is 0 Å². The van der Waals surface area contributed by atoms with E-state index in [1.165, 1.54) is 6.07 Å². The Labute approximate surface area is 92.1 Å². The Bertz CT molecular complexity index is 499. The summed E-state index contributed by atoms with van der Waals surface area (Å²) in [4.78, 5) is 8.27. The highest BCUT2D eigenvalue weighted by Crippen LogP contribution is 2.22. The van der Waals surface area contributed by atoms with Crippen LogP contribution in [0, 0.1) is 5.82 Å². The second kappa shape index (κ2) is 4.11. The molecule has 0 fully saturated rings. The van der Waals surface area contributed by atoms with Gasteiger partial charge >= 0.3 is 0 Å². The Morgan fingerprint density at radius 1 is 1.33 bits per heavy atom. The third-order valence-corrected chi connectivity index (χ3v) is 2.44. The lowest BCUT2D eigenvalue weighted by molar-refractivity contribution is 0.635. The number of aromatic nitrogens is 2. The van der Waals surface area contributed by atoms with Gasteiger partial charge < -0.3 is 0 Å². The third-order valence-electron chi connectivity index (χ3n) is 2.15. The molecule has 0 unspecified atom stereocenters. The van der Waals surface area contributed by atoms with Crippen molar-refractivity contribution in [1.82, 2.24) is 9.97 Å². The number of hydrogen-bond acceptors (Lipinski definition) is 2. The zero-order valence-corrected chi connectivity index (χ0v) is 9.05. The molecule has 0 radical (unpaired) electrons. The highest BCUT2D eigenvalue weighted by molar-refractivity contribution is 6.34. The van der Waals surface area contributed by atoms with Crippen molar-refractivity contribution in [1.29, 1.82) is 0 Å². The Morgan fingerprint density at radius 3 is 2.87 bits per heavy atom. The average molecular weight is 225 g/mol. The second-order valence-corrected chi connectivity index (χ2v) is 3.67. The summed E-state index contributed by atoms with van der Waals surface area (Å²) in [5, 5.41) is 0.888. The normalized spacial score (nSPS) is 10.9. The van der Waals surface area contributed by atoms with Gasteiger partial charge in [-0.1, -0.05) is 24.6 Å². The van der Waals surface area contributed by atoms with E-state index < -0.39 is 0 Å². The third kappa shape index (κ3) is 1.92. The number of nitrogens with zero attached hydrogens (tertiary/aromatic N) is 2. The van der Waals surface area contributed by atoms with Crippen LogP contribution in [0.25, 0.3) is 10.9 Å². The summed E-state index contributed by atoms with van der Waals surface area (Å²) in [6.45, 7) is 2.02. The van der Waals surface area contributed by atoms with Crippen molar-refractivity contribution < 1.29 is 4.39 Å². The Hall–Kier alpha value is -1.22. The number of fused-ring (bicyclic) bond motifs is 1. The highest BCUT2D eigenvalue weighted by atomic mass is 35.5. The van der Waals surface area contributed by atoms with Crippen molar-refractivity contribution in [3.05, 3.63) is 35.0 Å². The Kier molecular flexibility index (Phi) is 2.82. The minimum atomic E-state index is -0.353. The first-order valence-corrected chi connectivity index (χ1v) is 5.21. The molecule has 0 atom stereocenters. The summed E-state index contributed by atoms with van der Waals surface area (Å²) >= 11 is 5.95. The first kappa shape index (κ1) is 10.3. The van der Waals surface area contributed by atoms with Gasteiger partial charge in [0.2, 0.25) is 0 Å². The highest BCUT2D eigenvalue weighted by Gasteiger charge is 2.08. The number of benzene rings is 1. The molecule has 1 aromatic carbocycles. The molecular weight excluding hydrogens is 215 g/mol. The molecule has 2 rings (SSSR count). The van der Waals surface area contributed by atoms with Gasteiger partial charge in [-0.25, -0.2) is 14.4 Å². The van der Waals surface area contributed by atoms with E-state index in [-0.39, 0.29) is 5.82 Å². The van der Waals surface area contributed by atoms with Gasteiger partial charge in [0.05, 0.1) is 0 Å². The largest absolute Gasteiger partial charge is 0.230 e. The van der Waals surface area contributed by atoms with Gasteiger partial charge in [-0.15, -0.1) is 0 Å². The van der Waals surface area contributed by atoms with Crippen molar-refractivity contribution >= 4 is 22.5 Å². The van der Waals surface area contributed by atoms with E-state index in [1.807, 2.05) is 6.92 Å². The predicted molar refractivity (Wildman–Crippen MR) is 58.5 cm³/mol. The van der Waals surface area contributed by atoms with Crippen LogP contribution in [0.1, 0.15) is 19.2 Å². The molecule has 78 valence electrons. The number of rotatable bonds is 2. The molecule has 0 aliphatic rings. The molecule has 15 heavy (non-hydrogen) atoms. The lowest BCUT2D eigenvalue weighted by atomic mass is 10.2. The van der Waals surface area contributed by atoms with Crippen LogP contribution >= 0.6 is 11.6 Å². The average Bonchev–Trinajstić information content (AvgIpc) is 2.20. The van der Waals surface area contributed by atoms with Gasteiger partial charge in [0.15, 0.2) is 0 Å². The molecule has 0 aliphatic carbocycles. The fourth-order valence-electron chi connectivity index (χ4n) is 1.46. The monoisotopic (exact) mass is 224 g/mol. The van der Waals surface area contributed by atoms with E-state index in [1.54, 1.807) is 12.1 Å². The van der Waals surface area contributed by atoms with Gasteiger partial charge in [0.1, 0.15) is 22.3 Å². The molecule has 0 spiro atoms. The van der Waals surface area contributed by atoms with Crippen LogP contribution < -0.4 is 0 Å². The van der Waals surface area contributed by atoms with E-state index in [4.69, 9.17) is 11.6 Å². The molecular formula is C11H10ClFN2. The van der Waals surface area contributed by atoms with Gasteiger partial charge in [-0.3, -0.25) is 0 Å². The summed E-state index contributed by atoms with van der Waals surface area (Å²) < 4.78 is 13.4. The first-order valence-electron chi connectivity index (χ1n) is 4.83. The van der Waals surface area contributed by atoms with E-state index in [0.29, 0.717) is 28.3 Å². The summed E-state index contributed by atoms with van der Waals surface area (Å²) in [6, 6.07) is 4.70. The lowest BCUT2D eigenvalue weighted by Gasteiger charge is -2.03. The molecule has 1 heterocycles. The Morgan fingerprint density at radius 2 is 2.13 bits per heavy atom. The van der Waals surface area contributed by atoms with E-state index in [2.05, 4.69) is 9.97 Å². The van der Waals surface area contributed by atoms with Crippen molar-refractivity contribution in [3.63, 3.8) is 0 Å². The van der Waals surface area contributed by atoms with Crippen LogP contribution in [0.4, 0.5) is 4.39 Å². The molecule has 0 aliphatic heterocycles. The van der Waals surface area contributed by atoms with Crippen LogP contribution in [0.3, 0.4) is 0 Å². The molecule has 1 aromatic heterocycles. The minimum absolute atomic E-state index is 0.306. The number of hydrogen-bond donors (Lipinski definition) is 0. The predicted octanol–water partition coefficient (Wildman–Crippen LogP) is 3.37. The summed E-state index contributed by atoms with van der Waals surface area (Å²) in [5.41, 5.74) is 0.306. The van der Waals surface area contributed by atoms with E-state index >= 15 is 0 Å². The van der Waals surface area contributed by atoms with Crippen LogP contribution in [-0.2, 0) is 6.42 Å². The van der Waals surface area contributed by atoms with Crippen LogP contribution in [0.2, 0.25) is 5.15 Å². The summed E-state index contributed by atoms with van der Waals surface area (Å²) in [5.74, 6) is 0.245. The molecule has 2 aromatic rings. The van der Waals surface area contributed by atoms with Crippen molar-refractivity contribution in [2.45, 2.75) is 19.8 Å². The first-order chi connectivity index (χ1) is 7.22. The number of para-hydroxylation sites is 1. The van der Waals surface area contributed by atoms with Crippen molar-refractivity contribution in [2.75, 3.05) is 0 Å². The van der Waals surface area contributed by atoms with Gasteiger partial charge in [-0.2, -0.15) is 0 Å². The second-order valence-electron chi connectivity index (χ2n) is 3.32. The van der Waals surface area contributed by atoms with Crippen molar-refractivity contribution in [3.8, 4) is 0 Å². The molecule has 4 heteroatoms. The molecule has 0 N–H and O–H groups in total. The maximum atomic E-state index is 13.4. The van der Waals surface area contributed by atoms with Crippen LogP contribution in [0.15, 0.2) is 18.2 Å². The molecule has 0 amide bonds. The maximum Gasteiger partial charge on any atom is 0.149 e. The SMILES string of the molecule is CCCc1nc(Cl)c2cccc(F)c2n1. The minimum Gasteiger partial charge on any atom is -0.230 e. The fraction of sp³-hybridized carbons (Fsp3) is 0.273. The van der Waals surface area contributed by atoms with E-state index in [0.717, 1.165) is 6.42 Å². The van der Waals surface area contributed by atoms with E-state index in [9.17, 15) is 4.39 Å². The van der Waals surface area contributed by atoms with Gasteiger partial charge in [0.25, 0.3) is 0 Å². The maximum absolute atomic E-state index is 13.4. The topological polar surface area (TPSA) is 25.8 Å². The molecule has 0 saturated heterocycles. The van der Waals surface area contributed by atoms with Crippen LogP contribution in [0.5, 0.6) is 0 Å². The standard InChI is InChI=1S/C11H10ClFN2/c1-2-4-9-14-10-7(11(12)15-9)5-3-6-8(10)13/h3,5-6H,2,4H2,1H3. The summed E-state index contributed by atoms with van der Waals surface area (Å²) in [6.07, 6.45) is 1.63. The summed E-state index contributed by atoms with van der Waals surface area (Å²) in [7, 11) is 0. The lowest BCUT2D eigenvalue weighted by Crippen LogP contribution is -1.97. The molecule has 2 nitrogen and oxygen atoms in total. The van der Waals surface area contributed by atoms with Gasteiger partial charge in [-0.05, 0) is 18.6 Å². The molecule has 0 bridgehead atoms. The Balaban J connectivity index is 2.68. The zero-order valence-electron chi connectivity index (χ0n) is 8.30. The quantitative estimate of drug-likeness (QED) is 0.731. The number of aryl methyl sites for hydroxylation is 1. The smallest absolute Gasteiger partial charge is 0.149 e. The molecule has 0 saturated carbocycles. The zero-order chi connectivity index (χ0) is 10.8. The van der Waals surface area contributed by atoms with Crippen LogP contribution in [-0.4, -0.2) is 9.97 Å². The fourth-order valence-corrected chi connectivity index (χ4v) is 1.71.